The van der Waals surface area contributed by atoms with Crippen molar-refractivity contribution in [3.63, 3.8) is 0 Å². The van der Waals surface area contributed by atoms with Gasteiger partial charge in [0.15, 0.2) is 0 Å². The number of carbonyl (C=O) groups excluding carboxylic acids is 2. The average molecular weight is 275 g/mol. The summed E-state index contributed by atoms with van der Waals surface area (Å²) in [6.07, 6.45) is 9.83. The number of hydrogen-bond acceptors (Lipinski definition) is 2. The molecule has 1 saturated carbocycles. The number of carbonyl (C=O) groups is 2. The molecule has 3 aliphatic rings. The Morgan fingerprint density at radius 2 is 1.55 bits per heavy atom. The molecular formula is C17H25NO2. The summed E-state index contributed by atoms with van der Waals surface area (Å²) < 4.78 is 0. The van der Waals surface area contributed by atoms with E-state index in [2.05, 4.69) is 26.0 Å². The van der Waals surface area contributed by atoms with Crippen LogP contribution < -0.4 is 0 Å². The molecule has 4 atom stereocenters. The van der Waals surface area contributed by atoms with E-state index in [0.717, 1.165) is 32.1 Å². The smallest absolute Gasteiger partial charge is 0.233 e. The highest BCUT2D eigenvalue weighted by Crippen LogP contribution is 2.52. The van der Waals surface area contributed by atoms with Crippen molar-refractivity contribution in [2.45, 2.75) is 46.0 Å². The summed E-state index contributed by atoms with van der Waals surface area (Å²) >= 11 is 0. The van der Waals surface area contributed by atoms with Gasteiger partial charge in [0, 0.05) is 6.54 Å². The molecule has 1 saturated heterocycles. The predicted molar refractivity (Wildman–Crippen MR) is 77.7 cm³/mol. The van der Waals surface area contributed by atoms with E-state index in [-0.39, 0.29) is 23.7 Å². The Balaban J connectivity index is 1.72. The molecule has 110 valence electrons. The zero-order chi connectivity index (χ0) is 14.3. The van der Waals surface area contributed by atoms with Gasteiger partial charge in [-0.2, -0.15) is 0 Å². The van der Waals surface area contributed by atoms with Crippen LogP contribution in [0.2, 0.25) is 0 Å². The maximum Gasteiger partial charge on any atom is 0.233 e. The molecule has 0 N–H and O–H groups in total. The lowest BCUT2D eigenvalue weighted by molar-refractivity contribution is -0.141. The van der Waals surface area contributed by atoms with Crippen LogP contribution in [-0.4, -0.2) is 23.3 Å². The third-order valence-electron chi connectivity index (χ3n) is 5.40. The normalized spacial score (nSPS) is 34.6. The monoisotopic (exact) mass is 275 g/mol. The molecule has 0 aromatic rings. The molecule has 1 heterocycles. The number of nitrogens with zero attached hydrogens (tertiary/aromatic N) is 1. The number of allylic oxidation sites excluding steroid dienone is 2. The number of imide groups is 1. The molecule has 3 rings (SSSR count). The number of likely N-dealkylation sites (tertiary alicyclic amines) is 1. The van der Waals surface area contributed by atoms with Crippen LogP contribution in [-0.2, 0) is 9.59 Å². The summed E-state index contributed by atoms with van der Waals surface area (Å²) in [5, 5.41) is 0. The fourth-order valence-electron chi connectivity index (χ4n) is 4.55. The lowest BCUT2D eigenvalue weighted by Gasteiger charge is -2.23. The molecule has 2 bridgehead atoms. The molecule has 20 heavy (non-hydrogen) atoms. The van der Waals surface area contributed by atoms with Gasteiger partial charge < -0.3 is 0 Å². The average Bonchev–Trinajstić information content (AvgIpc) is 3.09. The molecule has 3 heteroatoms. The number of fused-ring (bicyclic) bond motifs is 5. The van der Waals surface area contributed by atoms with Crippen molar-refractivity contribution in [2.75, 3.05) is 6.54 Å². The zero-order valence-electron chi connectivity index (χ0n) is 12.5. The predicted octanol–water partition coefficient (Wildman–Crippen LogP) is 3.01. The second-order valence-electron chi connectivity index (χ2n) is 6.73. The first-order valence-electron chi connectivity index (χ1n) is 8.20. The van der Waals surface area contributed by atoms with Gasteiger partial charge in [0.05, 0.1) is 11.8 Å². The number of amides is 2. The van der Waals surface area contributed by atoms with E-state index in [0.29, 0.717) is 24.3 Å². The van der Waals surface area contributed by atoms with Gasteiger partial charge in [-0.25, -0.2) is 0 Å². The van der Waals surface area contributed by atoms with Crippen LogP contribution in [0.1, 0.15) is 46.0 Å². The molecular weight excluding hydrogens is 250 g/mol. The van der Waals surface area contributed by atoms with E-state index in [1.807, 2.05) is 0 Å². The maximum absolute atomic E-state index is 12.6. The van der Waals surface area contributed by atoms with Gasteiger partial charge >= 0.3 is 0 Å². The SMILES string of the molecule is CCCC(CCC)CN1C(=O)C2C3C=CC(C3)C2C1=O. The molecule has 1 aliphatic heterocycles. The third-order valence-corrected chi connectivity index (χ3v) is 5.40. The Morgan fingerprint density at radius 1 is 1.05 bits per heavy atom. The van der Waals surface area contributed by atoms with E-state index in [1.165, 1.54) is 0 Å². The topological polar surface area (TPSA) is 37.4 Å². The Labute approximate surface area is 121 Å². The highest BCUT2D eigenvalue weighted by Gasteiger charge is 2.59. The van der Waals surface area contributed by atoms with Crippen molar-refractivity contribution in [3.8, 4) is 0 Å². The molecule has 2 fully saturated rings. The summed E-state index contributed by atoms with van der Waals surface area (Å²) in [5.41, 5.74) is 0. The van der Waals surface area contributed by atoms with Crippen LogP contribution in [0.4, 0.5) is 0 Å². The maximum atomic E-state index is 12.6. The van der Waals surface area contributed by atoms with Crippen molar-refractivity contribution in [3.05, 3.63) is 12.2 Å². The van der Waals surface area contributed by atoms with Crippen molar-refractivity contribution in [2.24, 2.45) is 29.6 Å². The summed E-state index contributed by atoms with van der Waals surface area (Å²) in [6.45, 7) is 5.01. The summed E-state index contributed by atoms with van der Waals surface area (Å²) in [7, 11) is 0. The van der Waals surface area contributed by atoms with Gasteiger partial charge in [-0.15, -0.1) is 0 Å². The third kappa shape index (κ3) is 2.02. The van der Waals surface area contributed by atoms with Crippen molar-refractivity contribution >= 4 is 11.8 Å². The van der Waals surface area contributed by atoms with E-state index in [9.17, 15) is 9.59 Å². The van der Waals surface area contributed by atoms with E-state index >= 15 is 0 Å². The second kappa shape index (κ2) is 5.34. The zero-order valence-corrected chi connectivity index (χ0v) is 12.5. The number of rotatable bonds is 6. The minimum Gasteiger partial charge on any atom is -0.282 e. The molecule has 0 spiro atoms. The molecule has 4 unspecified atom stereocenters. The minimum absolute atomic E-state index is 0.0265. The van der Waals surface area contributed by atoms with Gasteiger partial charge in [0.1, 0.15) is 0 Å². The Hall–Kier alpha value is -1.12. The van der Waals surface area contributed by atoms with Gasteiger partial charge in [-0.3, -0.25) is 14.5 Å². The van der Waals surface area contributed by atoms with Gasteiger partial charge in [0.2, 0.25) is 11.8 Å². The first-order chi connectivity index (χ1) is 9.67. The molecule has 0 radical (unpaired) electrons. The summed E-state index contributed by atoms with van der Waals surface area (Å²) in [5.74, 6) is 1.35. The van der Waals surface area contributed by atoms with Crippen molar-refractivity contribution in [1.29, 1.82) is 0 Å². The quantitative estimate of drug-likeness (QED) is 0.552. The van der Waals surface area contributed by atoms with E-state index in [4.69, 9.17) is 0 Å². The lowest BCUT2D eigenvalue weighted by atomic mass is 9.85. The fourth-order valence-corrected chi connectivity index (χ4v) is 4.55. The molecule has 0 aromatic heterocycles. The van der Waals surface area contributed by atoms with Gasteiger partial charge in [-0.05, 0) is 37.0 Å². The van der Waals surface area contributed by atoms with Gasteiger partial charge in [-0.1, -0.05) is 38.8 Å². The van der Waals surface area contributed by atoms with E-state index in [1.54, 1.807) is 4.90 Å². The molecule has 0 aromatic carbocycles. The minimum atomic E-state index is -0.0265. The molecule has 3 nitrogen and oxygen atoms in total. The van der Waals surface area contributed by atoms with Crippen LogP contribution >= 0.6 is 0 Å². The van der Waals surface area contributed by atoms with Crippen molar-refractivity contribution in [1.82, 2.24) is 4.90 Å². The van der Waals surface area contributed by atoms with Crippen LogP contribution in [0.15, 0.2) is 12.2 Å². The van der Waals surface area contributed by atoms with Crippen LogP contribution in [0.25, 0.3) is 0 Å². The first kappa shape index (κ1) is 13.8. The second-order valence-corrected chi connectivity index (χ2v) is 6.73. The molecule has 2 aliphatic carbocycles. The Kier molecular flexibility index (Phi) is 3.70. The van der Waals surface area contributed by atoms with Crippen LogP contribution in [0.3, 0.4) is 0 Å². The van der Waals surface area contributed by atoms with Crippen LogP contribution in [0, 0.1) is 29.6 Å². The standard InChI is InChI=1S/C17H25NO2/c1-3-5-11(6-4-2)10-18-16(19)14-12-7-8-13(9-12)15(14)17(18)20/h7-8,11-15H,3-6,9-10H2,1-2H3. The number of hydrogen-bond donors (Lipinski definition) is 0. The summed E-state index contributed by atoms with van der Waals surface area (Å²) in [4.78, 5) is 26.8. The highest BCUT2D eigenvalue weighted by atomic mass is 16.2. The van der Waals surface area contributed by atoms with E-state index < -0.39 is 0 Å². The highest BCUT2D eigenvalue weighted by molar-refractivity contribution is 6.06. The Bertz CT molecular complexity index is 406. The Morgan fingerprint density at radius 3 is 2.00 bits per heavy atom. The molecule has 2 amide bonds. The lowest BCUT2D eigenvalue weighted by Crippen LogP contribution is -2.37. The largest absolute Gasteiger partial charge is 0.282 e. The van der Waals surface area contributed by atoms with Crippen molar-refractivity contribution < 1.29 is 9.59 Å². The van der Waals surface area contributed by atoms with Crippen LogP contribution in [0.5, 0.6) is 0 Å². The van der Waals surface area contributed by atoms with Gasteiger partial charge in [0.25, 0.3) is 0 Å². The first-order valence-corrected chi connectivity index (χ1v) is 8.20. The fraction of sp³-hybridized carbons (Fsp3) is 0.765. The summed E-state index contributed by atoms with van der Waals surface area (Å²) in [6, 6.07) is 0.